The molecule has 82 valence electrons. The van der Waals surface area contributed by atoms with E-state index in [1.807, 2.05) is 12.3 Å². The van der Waals surface area contributed by atoms with Crippen LogP contribution in [-0.2, 0) is 6.42 Å². The summed E-state index contributed by atoms with van der Waals surface area (Å²) in [7, 11) is 0. The predicted octanol–water partition coefficient (Wildman–Crippen LogP) is 1.45. The molecule has 2 aromatic heterocycles. The van der Waals surface area contributed by atoms with Crippen LogP contribution in [0.5, 0.6) is 0 Å². The molecule has 0 bridgehead atoms. The summed E-state index contributed by atoms with van der Waals surface area (Å²) in [5, 5.41) is 0. The van der Waals surface area contributed by atoms with Gasteiger partial charge in [-0.3, -0.25) is 9.97 Å². The molecule has 2 aromatic rings. The number of pyridine rings is 1. The van der Waals surface area contributed by atoms with Crippen LogP contribution in [-0.4, -0.2) is 20.5 Å². The number of nitrogens with two attached hydrogens (primary N) is 1. The van der Waals surface area contributed by atoms with E-state index in [0.29, 0.717) is 0 Å². The Kier molecular flexibility index (Phi) is 2.11. The van der Waals surface area contributed by atoms with E-state index in [1.54, 1.807) is 12.4 Å². The molecule has 0 spiro atoms. The first kappa shape index (κ1) is 9.66. The monoisotopic (exact) mass is 214 g/mol. The molecule has 0 unspecified atom stereocenters. The van der Waals surface area contributed by atoms with E-state index in [0.717, 1.165) is 42.4 Å². The lowest BCUT2D eigenvalue weighted by Gasteiger charge is -2.07. The van der Waals surface area contributed by atoms with Crippen LogP contribution in [0.3, 0.4) is 0 Å². The number of fused-ring (bicyclic) bond motifs is 1. The summed E-state index contributed by atoms with van der Waals surface area (Å²) in [5.41, 5.74) is 8.91. The Balaban J connectivity index is 1.81. The van der Waals surface area contributed by atoms with E-state index >= 15 is 0 Å². The van der Waals surface area contributed by atoms with Crippen molar-refractivity contribution < 1.29 is 0 Å². The number of hydrogen-bond acceptors (Lipinski definition) is 4. The van der Waals surface area contributed by atoms with Crippen LogP contribution < -0.4 is 5.73 Å². The summed E-state index contributed by atoms with van der Waals surface area (Å²) in [6.45, 7) is 0. The highest BCUT2D eigenvalue weighted by Crippen LogP contribution is 2.36. The number of aromatic nitrogens is 3. The van der Waals surface area contributed by atoms with Gasteiger partial charge in [0.1, 0.15) is 5.52 Å². The zero-order valence-electron chi connectivity index (χ0n) is 9.06. The van der Waals surface area contributed by atoms with Crippen molar-refractivity contribution in [2.45, 2.75) is 31.2 Å². The first-order valence-corrected chi connectivity index (χ1v) is 5.60. The predicted molar refractivity (Wildman–Crippen MR) is 61.8 cm³/mol. The maximum absolute atomic E-state index is 6.05. The molecule has 0 radical (unpaired) electrons. The molecule has 1 saturated carbocycles. The third-order valence-corrected chi connectivity index (χ3v) is 3.17. The molecule has 0 aromatic carbocycles. The molecule has 1 aliphatic carbocycles. The van der Waals surface area contributed by atoms with Gasteiger partial charge in [0, 0.05) is 17.9 Å². The lowest BCUT2D eigenvalue weighted by molar-refractivity contribution is 0.603. The third kappa shape index (κ3) is 1.88. The van der Waals surface area contributed by atoms with E-state index in [9.17, 15) is 0 Å². The molecule has 4 nitrogen and oxygen atoms in total. The number of nitrogens with zero attached hydrogens (tertiary/aromatic N) is 3. The van der Waals surface area contributed by atoms with Gasteiger partial charge >= 0.3 is 0 Å². The Labute approximate surface area is 93.9 Å². The topological polar surface area (TPSA) is 64.7 Å². The van der Waals surface area contributed by atoms with Crippen molar-refractivity contribution in [1.82, 2.24) is 15.0 Å². The second-order valence-electron chi connectivity index (χ2n) is 4.59. The zero-order valence-corrected chi connectivity index (χ0v) is 9.06. The lowest BCUT2D eigenvalue weighted by atomic mass is 10.1. The smallest absolute Gasteiger partial charge is 0.107 e. The molecule has 1 aliphatic rings. The van der Waals surface area contributed by atoms with Crippen molar-refractivity contribution in [2.24, 2.45) is 5.73 Å². The molecule has 4 heteroatoms. The van der Waals surface area contributed by atoms with Crippen molar-refractivity contribution in [2.75, 3.05) is 0 Å². The third-order valence-electron chi connectivity index (χ3n) is 3.17. The van der Waals surface area contributed by atoms with Crippen molar-refractivity contribution in [3.63, 3.8) is 0 Å². The number of aryl methyl sites for hydroxylation is 1. The van der Waals surface area contributed by atoms with E-state index in [1.165, 1.54) is 0 Å². The van der Waals surface area contributed by atoms with Gasteiger partial charge in [0.25, 0.3) is 0 Å². The largest absolute Gasteiger partial charge is 0.325 e. The SMILES string of the molecule is NC1(CCc2cnc3ccncc3n2)CC1. The summed E-state index contributed by atoms with van der Waals surface area (Å²) in [5.74, 6) is 0. The minimum Gasteiger partial charge on any atom is -0.325 e. The molecule has 1 fully saturated rings. The van der Waals surface area contributed by atoms with Gasteiger partial charge in [-0.1, -0.05) is 0 Å². The summed E-state index contributed by atoms with van der Waals surface area (Å²) >= 11 is 0. The van der Waals surface area contributed by atoms with Gasteiger partial charge < -0.3 is 5.73 Å². The van der Waals surface area contributed by atoms with Gasteiger partial charge in [-0.05, 0) is 31.7 Å². The van der Waals surface area contributed by atoms with Gasteiger partial charge in [-0.25, -0.2) is 4.98 Å². The minimum absolute atomic E-state index is 0.0889. The molecular weight excluding hydrogens is 200 g/mol. The van der Waals surface area contributed by atoms with Crippen LogP contribution in [0.25, 0.3) is 11.0 Å². The Morgan fingerprint density at radius 1 is 1.25 bits per heavy atom. The van der Waals surface area contributed by atoms with Crippen molar-refractivity contribution in [3.05, 3.63) is 30.4 Å². The van der Waals surface area contributed by atoms with E-state index in [4.69, 9.17) is 5.73 Å². The van der Waals surface area contributed by atoms with Crippen LogP contribution in [0, 0.1) is 0 Å². The second kappa shape index (κ2) is 3.49. The highest BCUT2D eigenvalue weighted by atomic mass is 14.8. The van der Waals surface area contributed by atoms with Gasteiger partial charge in [0.05, 0.1) is 17.4 Å². The molecule has 0 saturated heterocycles. The molecule has 16 heavy (non-hydrogen) atoms. The highest BCUT2D eigenvalue weighted by molar-refractivity contribution is 5.72. The number of rotatable bonds is 3. The summed E-state index contributed by atoms with van der Waals surface area (Å²) in [6.07, 6.45) is 9.54. The standard InChI is InChI=1S/C12H14N4/c13-12(4-5-12)3-1-9-7-15-10-2-6-14-8-11(10)16-9/h2,6-8H,1,3-5,13H2. The Morgan fingerprint density at radius 3 is 2.94 bits per heavy atom. The van der Waals surface area contributed by atoms with Gasteiger partial charge in [-0.15, -0.1) is 0 Å². The molecular formula is C12H14N4. The minimum atomic E-state index is 0.0889. The van der Waals surface area contributed by atoms with Crippen LogP contribution >= 0.6 is 0 Å². The Morgan fingerprint density at radius 2 is 2.12 bits per heavy atom. The normalized spacial score (nSPS) is 17.6. The number of hydrogen-bond donors (Lipinski definition) is 1. The molecule has 0 atom stereocenters. The Hall–Kier alpha value is -1.55. The van der Waals surface area contributed by atoms with Crippen LogP contribution in [0.2, 0.25) is 0 Å². The summed E-state index contributed by atoms with van der Waals surface area (Å²) in [4.78, 5) is 12.9. The van der Waals surface area contributed by atoms with Crippen molar-refractivity contribution in [1.29, 1.82) is 0 Å². The van der Waals surface area contributed by atoms with E-state index in [2.05, 4.69) is 15.0 Å². The van der Waals surface area contributed by atoms with E-state index in [-0.39, 0.29) is 5.54 Å². The van der Waals surface area contributed by atoms with Crippen molar-refractivity contribution >= 4 is 11.0 Å². The zero-order chi connectivity index (χ0) is 11.0. The fourth-order valence-corrected chi connectivity index (χ4v) is 1.81. The van der Waals surface area contributed by atoms with Crippen molar-refractivity contribution in [3.8, 4) is 0 Å². The molecule has 0 aliphatic heterocycles. The van der Waals surface area contributed by atoms with Crippen LogP contribution in [0.4, 0.5) is 0 Å². The quantitative estimate of drug-likeness (QED) is 0.839. The maximum atomic E-state index is 6.05. The van der Waals surface area contributed by atoms with E-state index < -0.39 is 0 Å². The first-order valence-electron chi connectivity index (χ1n) is 5.60. The van der Waals surface area contributed by atoms with Crippen LogP contribution in [0.15, 0.2) is 24.7 Å². The average Bonchev–Trinajstić information content (AvgIpc) is 3.05. The molecule has 2 heterocycles. The maximum Gasteiger partial charge on any atom is 0.107 e. The molecule has 0 amide bonds. The second-order valence-corrected chi connectivity index (χ2v) is 4.59. The molecule has 2 N–H and O–H groups in total. The average molecular weight is 214 g/mol. The fraction of sp³-hybridized carbons (Fsp3) is 0.417. The summed E-state index contributed by atoms with van der Waals surface area (Å²) < 4.78 is 0. The van der Waals surface area contributed by atoms with Crippen LogP contribution in [0.1, 0.15) is 25.0 Å². The fourth-order valence-electron chi connectivity index (χ4n) is 1.81. The summed E-state index contributed by atoms with van der Waals surface area (Å²) in [6, 6.07) is 1.87. The highest BCUT2D eigenvalue weighted by Gasteiger charge is 2.37. The molecule has 3 rings (SSSR count). The Bertz CT molecular complexity index is 519. The van der Waals surface area contributed by atoms with Gasteiger partial charge in [0.15, 0.2) is 0 Å². The lowest BCUT2D eigenvalue weighted by Crippen LogP contribution is -2.22. The first-order chi connectivity index (χ1) is 7.75. The van der Waals surface area contributed by atoms with Gasteiger partial charge in [-0.2, -0.15) is 0 Å². The van der Waals surface area contributed by atoms with Gasteiger partial charge in [0.2, 0.25) is 0 Å².